The molecule has 2 heterocycles. The average Bonchev–Trinajstić information content (AvgIpc) is 2.46. The number of carbonyl (C=O) groups excluding carboxylic acids is 1. The summed E-state index contributed by atoms with van der Waals surface area (Å²) in [5, 5.41) is 8.97. The molecular weight excluding hydrogens is 258 g/mol. The lowest BCUT2D eigenvalue weighted by Gasteiger charge is -2.30. The number of carbonyl (C=O) groups is 2. The van der Waals surface area contributed by atoms with E-state index >= 15 is 0 Å². The van der Waals surface area contributed by atoms with E-state index in [0.29, 0.717) is 31.5 Å². The van der Waals surface area contributed by atoms with Crippen LogP contribution in [0.1, 0.15) is 48.7 Å². The Morgan fingerprint density at radius 3 is 2.55 bits per heavy atom. The van der Waals surface area contributed by atoms with Gasteiger partial charge in [0.1, 0.15) is 6.33 Å². The number of nitrogens with zero attached hydrogens (tertiary/aromatic N) is 3. The number of piperidine rings is 1. The molecule has 0 spiro atoms. The quantitative estimate of drug-likeness (QED) is 0.906. The Bertz CT molecular complexity index is 508. The molecule has 0 radical (unpaired) electrons. The molecule has 1 amide bonds. The average molecular weight is 277 g/mol. The minimum absolute atomic E-state index is 0.0989. The predicted molar refractivity (Wildman–Crippen MR) is 72.4 cm³/mol. The molecule has 6 heteroatoms. The van der Waals surface area contributed by atoms with Crippen LogP contribution in [0.25, 0.3) is 0 Å². The van der Waals surface area contributed by atoms with Crippen molar-refractivity contribution in [1.82, 2.24) is 14.9 Å². The molecule has 20 heavy (non-hydrogen) atoms. The van der Waals surface area contributed by atoms with Crippen LogP contribution in [0.4, 0.5) is 0 Å². The highest BCUT2D eigenvalue weighted by Crippen LogP contribution is 2.22. The smallest absolute Gasteiger partial charge is 0.306 e. The molecule has 0 unspecified atom stereocenters. The standard InChI is InChI=1S/C14H19N3O3/c1-9(2)12-11(7-15-8-16-12)13(18)17-5-3-10(4-6-17)14(19)20/h7-10H,3-6H2,1-2H3,(H,19,20). The number of aromatic nitrogens is 2. The Balaban J connectivity index is 2.11. The summed E-state index contributed by atoms with van der Waals surface area (Å²) >= 11 is 0. The molecule has 0 saturated carbocycles. The zero-order valence-electron chi connectivity index (χ0n) is 11.7. The van der Waals surface area contributed by atoms with Crippen LogP contribution in [0.15, 0.2) is 12.5 Å². The number of hydrogen-bond donors (Lipinski definition) is 1. The lowest BCUT2D eigenvalue weighted by Crippen LogP contribution is -2.40. The fourth-order valence-corrected chi connectivity index (χ4v) is 2.46. The summed E-state index contributed by atoms with van der Waals surface area (Å²) in [5.41, 5.74) is 1.27. The highest BCUT2D eigenvalue weighted by Gasteiger charge is 2.29. The summed E-state index contributed by atoms with van der Waals surface area (Å²) in [5.74, 6) is -1.06. The third-order valence-electron chi connectivity index (χ3n) is 3.65. The molecule has 1 aliphatic heterocycles. The molecule has 1 aliphatic rings. The maximum Gasteiger partial charge on any atom is 0.306 e. The van der Waals surface area contributed by atoms with E-state index in [9.17, 15) is 9.59 Å². The van der Waals surface area contributed by atoms with Crippen molar-refractivity contribution in [3.05, 3.63) is 23.8 Å². The molecular formula is C14H19N3O3. The molecule has 1 aromatic heterocycles. The van der Waals surface area contributed by atoms with E-state index in [4.69, 9.17) is 5.11 Å². The molecule has 6 nitrogen and oxygen atoms in total. The van der Waals surface area contributed by atoms with Crippen molar-refractivity contribution >= 4 is 11.9 Å². The fourth-order valence-electron chi connectivity index (χ4n) is 2.46. The Morgan fingerprint density at radius 1 is 1.35 bits per heavy atom. The van der Waals surface area contributed by atoms with Gasteiger partial charge in [0.05, 0.1) is 17.2 Å². The molecule has 0 atom stereocenters. The van der Waals surface area contributed by atoms with Crippen molar-refractivity contribution in [3.8, 4) is 0 Å². The van der Waals surface area contributed by atoms with Crippen LogP contribution >= 0.6 is 0 Å². The number of hydrogen-bond acceptors (Lipinski definition) is 4. The third-order valence-corrected chi connectivity index (χ3v) is 3.65. The molecule has 1 aromatic rings. The van der Waals surface area contributed by atoms with Crippen LogP contribution in [-0.4, -0.2) is 44.9 Å². The van der Waals surface area contributed by atoms with E-state index in [1.165, 1.54) is 6.33 Å². The first-order valence-corrected chi connectivity index (χ1v) is 6.82. The van der Waals surface area contributed by atoms with Crippen molar-refractivity contribution in [1.29, 1.82) is 0 Å². The van der Waals surface area contributed by atoms with E-state index in [0.717, 1.165) is 5.69 Å². The van der Waals surface area contributed by atoms with E-state index < -0.39 is 5.97 Å². The Hall–Kier alpha value is -1.98. The molecule has 1 fully saturated rings. The first-order valence-electron chi connectivity index (χ1n) is 6.82. The highest BCUT2D eigenvalue weighted by atomic mass is 16.4. The summed E-state index contributed by atoms with van der Waals surface area (Å²) in [4.78, 5) is 33.2. The van der Waals surface area contributed by atoms with Gasteiger partial charge in [-0.1, -0.05) is 13.8 Å². The van der Waals surface area contributed by atoms with Gasteiger partial charge in [0.2, 0.25) is 0 Å². The predicted octanol–water partition coefficient (Wildman–Crippen LogP) is 1.54. The summed E-state index contributed by atoms with van der Waals surface area (Å²) in [7, 11) is 0. The largest absolute Gasteiger partial charge is 0.481 e. The van der Waals surface area contributed by atoms with E-state index in [1.807, 2.05) is 13.8 Å². The molecule has 1 N–H and O–H groups in total. The highest BCUT2D eigenvalue weighted by molar-refractivity contribution is 5.95. The lowest BCUT2D eigenvalue weighted by atomic mass is 9.96. The van der Waals surface area contributed by atoms with Gasteiger partial charge in [0, 0.05) is 19.3 Å². The minimum atomic E-state index is -0.775. The van der Waals surface area contributed by atoms with Crippen LogP contribution in [0.3, 0.4) is 0 Å². The first kappa shape index (κ1) is 14.4. The monoisotopic (exact) mass is 277 g/mol. The van der Waals surface area contributed by atoms with Crippen molar-refractivity contribution in [2.24, 2.45) is 5.92 Å². The number of rotatable bonds is 3. The van der Waals surface area contributed by atoms with Gasteiger partial charge in [-0.2, -0.15) is 0 Å². The number of amides is 1. The second kappa shape index (κ2) is 5.98. The van der Waals surface area contributed by atoms with E-state index in [1.54, 1.807) is 11.1 Å². The second-order valence-corrected chi connectivity index (χ2v) is 5.38. The van der Waals surface area contributed by atoms with Crippen LogP contribution < -0.4 is 0 Å². The Morgan fingerprint density at radius 2 is 2.00 bits per heavy atom. The zero-order chi connectivity index (χ0) is 14.7. The molecule has 1 saturated heterocycles. The van der Waals surface area contributed by atoms with E-state index in [-0.39, 0.29) is 17.7 Å². The molecule has 2 rings (SSSR count). The van der Waals surface area contributed by atoms with Crippen LogP contribution in [0.5, 0.6) is 0 Å². The molecule has 0 aromatic carbocycles. The summed E-state index contributed by atoms with van der Waals surface area (Å²) in [6.07, 6.45) is 4.01. The summed E-state index contributed by atoms with van der Waals surface area (Å²) in [6, 6.07) is 0. The van der Waals surface area contributed by atoms with Crippen molar-refractivity contribution in [3.63, 3.8) is 0 Å². The second-order valence-electron chi connectivity index (χ2n) is 5.38. The number of likely N-dealkylation sites (tertiary alicyclic amines) is 1. The van der Waals surface area contributed by atoms with Crippen molar-refractivity contribution in [2.45, 2.75) is 32.6 Å². The van der Waals surface area contributed by atoms with Gasteiger partial charge >= 0.3 is 5.97 Å². The Labute approximate surface area is 117 Å². The summed E-state index contributed by atoms with van der Waals surface area (Å²) < 4.78 is 0. The maximum absolute atomic E-state index is 12.5. The van der Waals surface area contributed by atoms with Gasteiger partial charge < -0.3 is 10.0 Å². The summed E-state index contributed by atoms with van der Waals surface area (Å²) in [6.45, 7) is 4.91. The SMILES string of the molecule is CC(C)c1ncncc1C(=O)N1CCC(C(=O)O)CC1. The van der Waals surface area contributed by atoms with Crippen LogP contribution in [-0.2, 0) is 4.79 Å². The fraction of sp³-hybridized carbons (Fsp3) is 0.571. The van der Waals surface area contributed by atoms with Crippen molar-refractivity contribution in [2.75, 3.05) is 13.1 Å². The van der Waals surface area contributed by atoms with Gasteiger partial charge in [-0.05, 0) is 18.8 Å². The van der Waals surface area contributed by atoms with Crippen LogP contribution in [0, 0.1) is 5.92 Å². The third kappa shape index (κ3) is 2.95. The normalized spacial score (nSPS) is 16.4. The molecule has 108 valence electrons. The maximum atomic E-state index is 12.5. The van der Waals surface area contributed by atoms with Gasteiger partial charge in [0.15, 0.2) is 0 Å². The first-order chi connectivity index (χ1) is 9.50. The number of aliphatic carboxylic acids is 1. The number of carboxylic acid groups (broad SMARTS) is 1. The topological polar surface area (TPSA) is 83.4 Å². The molecule has 0 bridgehead atoms. The van der Waals surface area contributed by atoms with Gasteiger partial charge in [0.25, 0.3) is 5.91 Å². The minimum Gasteiger partial charge on any atom is -0.481 e. The zero-order valence-corrected chi connectivity index (χ0v) is 11.7. The van der Waals surface area contributed by atoms with Gasteiger partial charge in [-0.3, -0.25) is 9.59 Å². The van der Waals surface area contributed by atoms with Gasteiger partial charge in [-0.25, -0.2) is 9.97 Å². The number of carboxylic acids is 1. The van der Waals surface area contributed by atoms with Crippen molar-refractivity contribution < 1.29 is 14.7 Å². The van der Waals surface area contributed by atoms with Gasteiger partial charge in [-0.15, -0.1) is 0 Å². The molecule has 0 aliphatic carbocycles. The van der Waals surface area contributed by atoms with Crippen LogP contribution in [0.2, 0.25) is 0 Å². The Kier molecular flexibility index (Phi) is 4.32. The van der Waals surface area contributed by atoms with E-state index in [2.05, 4.69) is 9.97 Å². The lowest BCUT2D eigenvalue weighted by molar-refractivity contribution is -0.143.